The van der Waals surface area contributed by atoms with Gasteiger partial charge in [-0.1, -0.05) is 11.6 Å². The third kappa shape index (κ3) is 3.26. The van der Waals surface area contributed by atoms with E-state index in [-0.39, 0.29) is 23.8 Å². The second-order valence-corrected chi connectivity index (χ2v) is 7.63. The molecule has 5 heterocycles. The van der Waals surface area contributed by atoms with Crippen LogP contribution >= 0.6 is 22.9 Å². The lowest BCUT2D eigenvalue weighted by Crippen LogP contribution is -2.47. The van der Waals surface area contributed by atoms with Gasteiger partial charge in [-0.3, -0.25) is 14.6 Å². The van der Waals surface area contributed by atoms with Crippen molar-refractivity contribution in [1.29, 1.82) is 0 Å². The number of fused-ring (bicyclic) bond motifs is 4. The van der Waals surface area contributed by atoms with Crippen LogP contribution in [0.15, 0.2) is 29.4 Å². The standard InChI is InChI=1S/C17H17ClN4O2S/c18-13-3-12(4-19-5-13)16(23)21-6-11-1-2-15(8-21)22(17(11)24)7-14-9-25-10-20-14/h3-5,9-11,15H,1-2,6-8H2/t11-,15+/m0/s1. The summed E-state index contributed by atoms with van der Waals surface area (Å²) in [6.07, 6.45) is 4.77. The quantitative estimate of drug-likeness (QED) is 0.825. The summed E-state index contributed by atoms with van der Waals surface area (Å²) in [5.74, 6) is -0.132. The molecule has 2 bridgehead atoms. The van der Waals surface area contributed by atoms with E-state index in [0.29, 0.717) is 30.2 Å². The highest BCUT2D eigenvalue weighted by atomic mass is 35.5. The van der Waals surface area contributed by atoms with Crippen molar-refractivity contribution in [2.45, 2.75) is 25.4 Å². The lowest BCUT2D eigenvalue weighted by atomic mass is 9.94. The summed E-state index contributed by atoms with van der Waals surface area (Å²) < 4.78 is 0. The minimum Gasteiger partial charge on any atom is -0.336 e. The molecule has 2 amide bonds. The van der Waals surface area contributed by atoms with Crippen LogP contribution in [0.4, 0.5) is 0 Å². The Labute approximate surface area is 154 Å². The molecule has 0 aliphatic carbocycles. The van der Waals surface area contributed by atoms with Gasteiger partial charge in [-0.2, -0.15) is 0 Å². The topological polar surface area (TPSA) is 66.4 Å². The minimum absolute atomic E-state index is 0.0315. The molecule has 3 fully saturated rings. The molecule has 0 spiro atoms. The van der Waals surface area contributed by atoms with Crippen LogP contribution in [-0.4, -0.2) is 50.7 Å². The summed E-state index contributed by atoms with van der Waals surface area (Å²) in [4.78, 5) is 37.6. The second kappa shape index (κ2) is 6.72. The zero-order valence-electron chi connectivity index (χ0n) is 13.5. The summed E-state index contributed by atoms with van der Waals surface area (Å²) in [7, 11) is 0. The Hall–Kier alpha value is -1.99. The van der Waals surface area contributed by atoms with Crippen molar-refractivity contribution in [3.63, 3.8) is 0 Å². The molecule has 130 valence electrons. The maximum atomic E-state index is 12.8. The smallest absolute Gasteiger partial charge is 0.255 e. The van der Waals surface area contributed by atoms with Gasteiger partial charge in [-0.15, -0.1) is 11.3 Å². The number of pyridine rings is 1. The van der Waals surface area contributed by atoms with Gasteiger partial charge in [-0.05, 0) is 18.9 Å². The van der Waals surface area contributed by atoms with Crippen molar-refractivity contribution in [3.05, 3.63) is 45.6 Å². The van der Waals surface area contributed by atoms with Gasteiger partial charge in [0.2, 0.25) is 5.91 Å². The van der Waals surface area contributed by atoms with E-state index < -0.39 is 0 Å². The Morgan fingerprint density at radius 1 is 1.32 bits per heavy atom. The van der Waals surface area contributed by atoms with E-state index in [1.54, 1.807) is 16.5 Å². The van der Waals surface area contributed by atoms with Crippen molar-refractivity contribution in [2.24, 2.45) is 5.92 Å². The molecule has 3 saturated heterocycles. The highest BCUT2D eigenvalue weighted by Crippen LogP contribution is 2.31. The van der Waals surface area contributed by atoms with E-state index >= 15 is 0 Å². The van der Waals surface area contributed by atoms with Crippen LogP contribution in [-0.2, 0) is 11.3 Å². The monoisotopic (exact) mass is 376 g/mol. The van der Waals surface area contributed by atoms with E-state index in [1.165, 1.54) is 23.7 Å². The number of carbonyl (C=O) groups is 2. The first-order chi connectivity index (χ1) is 12.1. The number of amides is 2. The SMILES string of the molecule is O=C(c1cncc(Cl)c1)N1C[C@@H]2CC[C@H](C1)N(Cc1cscn1)C2=O. The molecule has 2 aromatic rings. The van der Waals surface area contributed by atoms with Crippen LogP contribution in [0.25, 0.3) is 0 Å². The van der Waals surface area contributed by atoms with E-state index in [0.717, 1.165) is 18.5 Å². The van der Waals surface area contributed by atoms with E-state index in [1.807, 2.05) is 10.3 Å². The largest absolute Gasteiger partial charge is 0.336 e. The van der Waals surface area contributed by atoms with Gasteiger partial charge in [-0.25, -0.2) is 4.98 Å². The van der Waals surface area contributed by atoms with Crippen molar-refractivity contribution >= 4 is 34.8 Å². The number of thiazole rings is 1. The molecular weight excluding hydrogens is 360 g/mol. The Bertz CT molecular complexity index is 798. The number of nitrogens with zero attached hydrogens (tertiary/aromatic N) is 4. The number of aromatic nitrogens is 2. The Morgan fingerprint density at radius 3 is 2.96 bits per heavy atom. The number of halogens is 1. The van der Waals surface area contributed by atoms with Gasteiger partial charge in [0.25, 0.3) is 5.91 Å². The molecule has 5 rings (SSSR count). The molecule has 3 aliphatic heterocycles. The highest BCUT2D eigenvalue weighted by Gasteiger charge is 2.42. The third-order valence-electron chi connectivity index (χ3n) is 4.85. The molecule has 0 radical (unpaired) electrons. The molecule has 8 heteroatoms. The fourth-order valence-electron chi connectivity index (χ4n) is 3.62. The first-order valence-corrected chi connectivity index (χ1v) is 9.51. The summed E-state index contributed by atoms with van der Waals surface area (Å²) in [6.45, 7) is 1.51. The third-order valence-corrected chi connectivity index (χ3v) is 5.69. The predicted octanol–water partition coefficient (Wildman–Crippen LogP) is 2.45. The normalized spacial score (nSPS) is 23.0. The summed E-state index contributed by atoms with van der Waals surface area (Å²) in [5, 5.41) is 2.40. The van der Waals surface area contributed by atoms with Gasteiger partial charge >= 0.3 is 0 Å². The maximum Gasteiger partial charge on any atom is 0.255 e. The van der Waals surface area contributed by atoms with E-state index in [9.17, 15) is 9.59 Å². The zero-order chi connectivity index (χ0) is 17.4. The molecule has 2 aromatic heterocycles. The zero-order valence-corrected chi connectivity index (χ0v) is 15.0. The number of hydrogen-bond donors (Lipinski definition) is 0. The molecule has 0 aromatic carbocycles. The summed E-state index contributed by atoms with van der Waals surface area (Å²) in [5.41, 5.74) is 3.15. The van der Waals surface area contributed by atoms with Gasteiger partial charge in [0, 0.05) is 36.9 Å². The summed E-state index contributed by atoms with van der Waals surface area (Å²) >= 11 is 7.48. The highest BCUT2D eigenvalue weighted by molar-refractivity contribution is 7.07. The second-order valence-electron chi connectivity index (χ2n) is 6.48. The van der Waals surface area contributed by atoms with Crippen LogP contribution in [0, 0.1) is 5.92 Å². The van der Waals surface area contributed by atoms with Gasteiger partial charge in [0.15, 0.2) is 0 Å². The van der Waals surface area contributed by atoms with Crippen LogP contribution in [0.3, 0.4) is 0 Å². The fraction of sp³-hybridized carbons (Fsp3) is 0.412. The average Bonchev–Trinajstić information content (AvgIpc) is 2.97. The number of rotatable bonds is 3. The molecule has 2 atom stereocenters. The Kier molecular flexibility index (Phi) is 4.43. The lowest BCUT2D eigenvalue weighted by molar-refractivity contribution is -0.140. The number of hydrogen-bond acceptors (Lipinski definition) is 5. The Morgan fingerprint density at radius 2 is 2.20 bits per heavy atom. The first-order valence-electron chi connectivity index (χ1n) is 8.19. The van der Waals surface area contributed by atoms with Crippen LogP contribution in [0.1, 0.15) is 28.9 Å². The van der Waals surface area contributed by atoms with Crippen molar-refractivity contribution in [2.75, 3.05) is 13.1 Å². The van der Waals surface area contributed by atoms with E-state index in [2.05, 4.69) is 9.97 Å². The summed E-state index contributed by atoms with van der Waals surface area (Å²) in [6, 6.07) is 1.66. The lowest BCUT2D eigenvalue weighted by Gasteiger charge is -2.35. The van der Waals surface area contributed by atoms with E-state index in [4.69, 9.17) is 11.6 Å². The molecule has 0 unspecified atom stereocenters. The number of piperidine rings is 1. The molecule has 25 heavy (non-hydrogen) atoms. The molecule has 0 N–H and O–H groups in total. The van der Waals surface area contributed by atoms with Gasteiger partial charge in [0.05, 0.1) is 34.3 Å². The van der Waals surface area contributed by atoms with Crippen molar-refractivity contribution in [1.82, 2.24) is 19.8 Å². The number of carbonyl (C=O) groups excluding carboxylic acids is 2. The minimum atomic E-state index is -0.145. The van der Waals surface area contributed by atoms with Crippen LogP contribution < -0.4 is 0 Å². The predicted molar refractivity (Wildman–Crippen MR) is 94.3 cm³/mol. The van der Waals surface area contributed by atoms with Crippen LogP contribution in [0.2, 0.25) is 5.02 Å². The van der Waals surface area contributed by atoms with Crippen molar-refractivity contribution in [3.8, 4) is 0 Å². The first kappa shape index (κ1) is 16.5. The van der Waals surface area contributed by atoms with Gasteiger partial charge in [0.1, 0.15) is 0 Å². The molecular formula is C17H17ClN4O2S. The average molecular weight is 377 g/mol. The van der Waals surface area contributed by atoms with Gasteiger partial charge < -0.3 is 9.80 Å². The fourth-order valence-corrected chi connectivity index (χ4v) is 4.34. The molecule has 6 nitrogen and oxygen atoms in total. The van der Waals surface area contributed by atoms with Crippen LogP contribution in [0.5, 0.6) is 0 Å². The van der Waals surface area contributed by atoms with Crippen molar-refractivity contribution < 1.29 is 9.59 Å². The Balaban J connectivity index is 1.56. The molecule has 0 saturated carbocycles. The maximum absolute atomic E-state index is 12.8. The molecule has 3 aliphatic rings.